The topological polar surface area (TPSA) is 93.5 Å². The number of benzene rings is 1. The first kappa shape index (κ1) is 20.1. The number of rotatable bonds is 7. The first-order chi connectivity index (χ1) is 13.4. The van der Waals surface area contributed by atoms with Gasteiger partial charge in [0.05, 0.1) is 18.0 Å². The van der Waals surface area contributed by atoms with Gasteiger partial charge in [-0.25, -0.2) is 4.68 Å². The largest absolute Gasteiger partial charge is 0.481 e. The smallest absolute Gasteiger partial charge is 0.303 e. The maximum absolute atomic E-state index is 12.5. The molecule has 28 heavy (non-hydrogen) atoms. The second-order valence-corrected chi connectivity index (χ2v) is 7.39. The highest BCUT2D eigenvalue weighted by Gasteiger charge is 2.24. The predicted octanol–water partition coefficient (Wildman–Crippen LogP) is 2.66. The molecule has 1 fully saturated rings. The van der Waals surface area contributed by atoms with E-state index >= 15 is 0 Å². The number of aliphatic carboxylic acids is 1. The number of hydrogen-bond donors (Lipinski definition) is 2. The minimum Gasteiger partial charge on any atom is -0.481 e. The van der Waals surface area contributed by atoms with Crippen LogP contribution in [-0.2, 0) is 16.0 Å². The zero-order valence-electron chi connectivity index (χ0n) is 16.6. The van der Waals surface area contributed by atoms with Crippen LogP contribution in [0.5, 0.6) is 0 Å². The van der Waals surface area contributed by atoms with Crippen molar-refractivity contribution in [1.82, 2.24) is 15.1 Å². The lowest BCUT2D eigenvalue weighted by atomic mass is 10.0. The van der Waals surface area contributed by atoms with Crippen molar-refractivity contribution in [2.24, 2.45) is 5.92 Å². The van der Waals surface area contributed by atoms with Crippen LogP contribution in [0.3, 0.4) is 0 Å². The third-order valence-corrected chi connectivity index (χ3v) is 5.43. The van der Waals surface area contributed by atoms with Crippen LogP contribution in [0.2, 0.25) is 0 Å². The summed E-state index contributed by atoms with van der Waals surface area (Å²) in [7, 11) is 0. The third-order valence-electron chi connectivity index (χ3n) is 5.43. The van der Waals surface area contributed by atoms with Crippen molar-refractivity contribution in [1.29, 1.82) is 0 Å². The lowest BCUT2D eigenvalue weighted by molar-refractivity contribution is -0.136. The summed E-state index contributed by atoms with van der Waals surface area (Å²) in [6.45, 7) is 7.29. The number of amides is 1. The lowest BCUT2D eigenvalue weighted by Gasteiger charge is -2.19. The van der Waals surface area contributed by atoms with Gasteiger partial charge in [0.2, 0.25) is 0 Å². The van der Waals surface area contributed by atoms with Gasteiger partial charge in [-0.05, 0) is 63.4 Å². The number of ether oxygens (including phenoxy) is 1. The van der Waals surface area contributed by atoms with Crippen LogP contribution in [-0.4, -0.2) is 46.0 Å². The molecule has 1 aliphatic heterocycles. The van der Waals surface area contributed by atoms with Crippen LogP contribution in [0.15, 0.2) is 24.3 Å². The summed E-state index contributed by atoms with van der Waals surface area (Å²) in [6, 6.07) is 7.37. The fourth-order valence-corrected chi connectivity index (χ4v) is 3.63. The van der Waals surface area contributed by atoms with E-state index < -0.39 is 5.97 Å². The number of aryl methyl sites for hydroxylation is 1. The quantitative estimate of drug-likeness (QED) is 0.764. The van der Waals surface area contributed by atoms with E-state index in [9.17, 15) is 9.59 Å². The van der Waals surface area contributed by atoms with Crippen LogP contribution < -0.4 is 5.32 Å². The number of hydrogen-bond acceptors (Lipinski definition) is 4. The average Bonchev–Trinajstić information content (AvgIpc) is 3.29. The number of nitrogens with zero attached hydrogens (tertiary/aromatic N) is 2. The van der Waals surface area contributed by atoms with Gasteiger partial charge in [0.15, 0.2) is 0 Å². The van der Waals surface area contributed by atoms with Crippen molar-refractivity contribution in [3.63, 3.8) is 0 Å². The summed E-state index contributed by atoms with van der Waals surface area (Å²) in [4.78, 5) is 23.4. The minimum atomic E-state index is -0.819. The molecule has 1 amide bonds. The monoisotopic (exact) mass is 385 g/mol. The maximum atomic E-state index is 12.5. The van der Waals surface area contributed by atoms with E-state index in [0.29, 0.717) is 24.5 Å². The van der Waals surface area contributed by atoms with Gasteiger partial charge >= 0.3 is 5.97 Å². The van der Waals surface area contributed by atoms with Crippen molar-refractivity contribution in [2.75, 3.05) is 13.2 Å². The molecule has 150 valence electrons. The van der Waals surface area contributed by atoms with Gasteiger partial charge in [0.25, 0.3) is 5.91 Å². The Bertz CT molecular complexity index is 851. The number of aromatic nitrogens is 2. The molecule has 1 aliphatic rings. The van der Waals surface area contributed by atoms with Gasteiger partial charge in [0, 0.05) is 36.2 Å². The zero-order chi connectivity index (χ0) is 20.3. The highest BCUT2D eigenvalue weighted by Crippen LogP contribution is 2.20. The molecule has 2 aromatic rings. The van der Waals surface area contributed by atoms with E-state index in [2.05, 4.69) is 10.4 Å². The Kier molecular flexibility index (Phi) is 6.14. The first-order valence-corrected chi connectivity index (χ1v) is 9.62. The van der Waals surface area contributed by atoms with Crippen LogP contribution in [0.4, 0.5) is 0 Å². The van der Waals surface area contributed by atoms with Crippen LogP contribution >= 0.6 is 0 Å². The van der Waals surface area contributed by atoms with E-state index in [1.165, 1.54) is 0 Å². The molecule has 0 aliphatic carbocycles. The van der Waals surface area contributed by atoms with Gasteiger partial charge in [-0.15, -0.1) is 0 Å². The fourth-order valence-electron chi connectivity index (χ4n) is 3.63. The van der Waals surface area contributed by atoms with Gasteiger partial charge in [-0.2, -0.15) is 5.10 Å². The number of carbonyl (C=O) groups excluding carboxylic acids is 1. The molecule has 0 unspecified atom stereocenters. The van der Waals surface area contributed by atoms with E-state index in [4.69, 9.17) is 9.84 Å². The van der Waals surface area contributed by atoms with E-state index in [1.54, 1.807) is 16.8 Å². The molecule has 1 saturated heterocycles. The molecule has 2 atom stereocenters. The Morgan fingerprint density at radius 1 is 1.32 bits per heavy atom. The van der Waals surface area contributed by atoms with E-state index in [1.807, 2.05) is 32.9 Å². The second-order valence-electron chi connectivity index (χ2n) is 7.39. The third kappa shape index (κ3) is 4.42. The molecule has 2 N–H and O–H groups in total. The fraction of sp³-hybridized carbons (Fsp3) is 0.476. The Labute approximate surface area is 164 Å². The molecule has 0 radical (unpaired) electrons. The number of carboxylic acids is 1. The number of carbonyl (C=O) groups is 2. The Morgan fingerprint density at radius 2 is 2.04 bits per heavy atom. The van der Waals surface area contributed by atoms with E-state index in [-0.39, 0.29) is 18.4 Å². The Morgan fingerprint density at radius 3 is 2.64 bits per heavy atom. The highest BCUT2D eigenvalue weighted by atomic mass is 16.5. The lowest BCUT2D eigenvalue weighted by Crippen LogP contribution is -2.38. The van der Waals surface area contributed by atoms with E-state index in [0.717, 1.165) is 35.7 Å². The molecule has 0 bridgehead atoms. The van der Waals surface area contributed by atoms with Gasteiger partial charge in [-0.3, -0.25) is 9.59 Å². The number of carboxylic acid groups (broad SMARTS) is 1. The highest BCUT2D eigenvalue weighted by molar-refractivity contribution is 5.94. The minimum absolute atomic E-state index is 0.0717. The van der Waals surface area contributed by atoms with Crippen LogP contribution in [0, 0.1) is 19.8 Å². The number of nitrogens with one attached hydrogen (secondary N) is 1. The van der Waals surface area contributed by atoms with Crippen molar-refractivity contribution in [2.45, 2.75) is 46.1 Å². The van der Waals surface area contributed by atoms with Crippen LogP contribution in [0.25, 0.3) is 5.69 Å². The summed E-state index contributed by atoms with van der Waals surface area (Å²) in [5.74, 6) is -0.552. The van der Waals surface area contributed by atoms with Crippen molar-refractivity contribution >= 4 is 11.9 Å². The molecule has 1 aromatic heterocycles. The molecule has 3 rings (SSSR count). The summed E-state index contributed by atoms with van der Waals surface area (Å²) in [5, 5.41) is 16.5. The molecular formula is C21H27N3O4. The first-order valence-electron chi connectivity index (χ1n) is 9.62. The summed E-state index contributed by atoms with van der Waals surface area (Å²) in [5.41, 5.74) is 4.15. The standard InChI is InChI=1S/C21H27N3O4/c1-13(17-10-11-28-12-17)22-21(27)16-4-6-18(7-5-16)24-15(3)19(14(2)23-24)8-9-20(25)26/h4-7,13,17H,8-12H2,1-3H3,(H,22,27)(H,25,26)/t13-,17-/m0/s1. The molecule has 0 spiro atoms. The molecular weight excluding hydrogens is 358 g/mol. The molecule has 0 saturated carbocycles. The Balaban J connectivity index is 1.71. The normalized spacial score (nSPS) is 17.5. The van der Waals surface area contributed by atoms with Crippen LogP contribution in [0.1, 0.15) is 47.1 Å². The van der Waals surface area contributed by atoms with Crippen molar-refractivity contribution in [3.05, 3.63) is 46.8 Å². The van der Waals surface area contributed by atoms with Crippen molar-refractivity contribution < 1.29 is 19.4 Å². The predicted molar refractivity (Wildman–Crippen MR) is 105 cm³/mol. The molecule has 2 heterocycles. The SMILES string of the molecule is Cc1nn(-c2ccc(C(=O)N[C@@H](C)[C@H]3CCOC3)cc2)c(C)c1CCC(=O)O. The Hall–Kier alpha value is -2.67. The van der Waals surface area contributed by atoms with Gasteiger partial charge in [-0.1, -0.05) is 0 Å². The zero-order valence-corrected chi connectivity index (χ0v) is 16.6. The average molecular weight is 385 g/mol. The summed E-state index contributed by atoms with van der Waals surface area (Å²) in [6.07, 6.45) is 1.51. The summed E-state index contributed by atoms with van der Waals surface area (Å²) >= 11 is 0. The van der Waals surface area contributed by atoms with Gasteiger partial charge < -0.3 is 15.2 Å². The molecule has 1 aromatic carbocycles. The van der Waals surface area contributed by atoms with Crippen molar-refractivity contribution in [3.8, 4) is 5.69 Å². The summed E-state index contributed by atoms with van der Waals surface area (Å²) < 4.78 is 7.19. The van der Waals surface area contributed by atoms with Gasteiger partial charge in [0.1, 0.15) is 0 Å². The maximum Gasteiger partial charge on any atom is 0.303 e. The molecule has 7 heteroatoms. The molecule has 7 nitrogen and oxygen atoms in total. The second kappa shape index (κ2) is 8.56.